The van der Waals surface area contributed by atoms with E-state index in [1.807, 2.05) is 13.1 Å². The molecular formula is C15H18N2O2. The zero-order valence-electron chi connectivity index (χ0n) is 11.3. The van der Waals surface area contributed by atoms with Crippen molar-refractivity contribution < 1.29 is 9.90 Å². The van der Waals surface area contributed by atoms with Crippen LogP contribution in [0.3, 0.4) is 0 Å². The Kier molecular flexibility index (Phi) is 3.59. The fourth-order valence-electron chi connectivity index (χ4n) is 2.38. The van der Waals surface area contributed by atoms with Gasteiger partial charge in [0.2, 0.25) is 5.91 Å². The van der Waals surface area contributed by atoms with E-state index in [-0.39, 0.29) is 11.8 Å². The van der Waals surface area contributed by atoms with Crippen LogP contribution in [0.25, 0.3) is 0 Å². The van der Waals surface area contributed by atoms with E-state index in [0.717, 1.165) is 24.1 Å². The van der Waals surface area contributed by atoms with Crippen molar-refractivity contribution in [2.75, 3.05) is 13.6 Å². The average molecular weight is 258 g/mol. The van der Waals surface area contributed by atoms with Gasteiger partial charge in [0.25, 0.3) is 0 Å². The van der Waals surface area contributed by atoms with Crippen molar-refractivity contribution in [1.82, 2.24) is 9.88 Å². The highest BCUT2D eigenvalue weighted by Crippen LogP contribution is 2.28. The smallest absolute Gasteiger partial charge is 0.229 e. The first-order chi connectivity index (χ1) is 8.93. The molecular weight excluding hydrogens is 240 g/mol. The van der Waals surface area contributed by atoms with E-state index in [1.54, 1.807) is 24.2 Å². The van der Waals surface area contributed by atoms with Gasteiger partial charge in [0, 0.05) is 32.4 Å². The van der Waals surface area contributed by atoms with Crippen LogP contribution in [-0.4, -0.2) is 40.1 Å². The second-order valence-corrected chi connectivity index (χ2v) is 5.32. The quantitative estimate of drug-likeness (QED) is 0.821. The number of likely N-dealkylation sites (N-methyl/N-ethyl adjacent to an activating group) is 1. The summed E-state index contributed by atoms with van der Waals surface area (Å²) >= 11 is 0. The highest BCUT2D eigenvalue weighted by molar-refractivity contribution is 5.85. The molecule has 0 radical (unpaired) electrons. The van der Waals surface area contributed by atoms with Gasteiger partial charge in [-0.3, -0.25) is 9.78 Å². The fraction of sp³-hybridized carbons (Fsp3) is 0.467. The molecule has 0 aromatic carbocycles. The van der Waals surface area contributed by atoms with Crippen LogP contribution in [0.5, 0.6) is 0 Å². The lowest BCUT2D eigenvalue weighted by atomic mass is 9.94. The van der Waals surface area contributed by atoms with Gasteiger partial charge in [0.05, 0.1) is 5.92 Å². The van der Waals surface area contributed by atoms with E-state index in [4.69, 9.17) is 6.42 Å². The van der Waals surface area contributed by atoms with Gasteiger partial charge < -0.3 is 10.0 Å². The van der Waals surface area contributed by atoms with E-state index in [0.29, 0.717) is 6.42 Å². The molecule has 1 aliphatic heterocycles. The minimum absolute atomic E-state index is 0.117. The summed E-state index contributed by atoms with van der Waals surface area (Å²) in [7, 11) is 1.81. The standard InChI is InChI=1S/C15H18N2O2/c1-4-15(2,19)8-11-7-12(10-16-9-11)13-5-6-17(3)14(13)18/h1,7,9-10,13,19H,5-6,8H2,2-3H3. The van der Waals surface area contributed by atoms with Gasteiger partial charge in [-0.1, -0.05) is 12.0 Å². The van der Waals surface area contributed by atoms with Gasteiger partial charge in [0.1, 0.15) is 5.60 Å². The molecule has 1 fully saturated rings. The average Bonchev–Trinajstić information content (AvgIpc) is 2.70. The molecule has 1 N–H and O–H groups in total. The third kappa shape index (κ3) is 2.94. The Hall–Kier alpha value is -1.86. The Balaban J connectivity index is 2.21. The first-order valence-corrected chi connectivity index (χ1v) is 6.32. The highest BCUT2D eigenvalue weighted by atomic mass is 16.3. The van der Waals surface area contributed by atoms with Gasteiger partial charge >= 0.3 is 0 Å². The maximum atomic E-state index is 12.0. The monoisotopic (exact) mass is 258 g/mol. The van der Waals surface area contributed by atoms with Crippen LogP contribution in [0, 0.1) is 12.3 Å². The van der Waals surface area contributed by atoms with Crippen molar-refractivity contribution in [1.29, 1.82) is 0 Å². The van der Waals surface area contributed by atoms with Gasteiger partial charge in [-0.25, -0.2) is 0 Å². The lowest BCUT2D eigenvalue weighted by molar-refractivity contribution is -0.127. The topological polar surface area (TPSA) is 53.4 Å². The second kappa shape index (κ2) is 5.02. The first-order valence-electron chi connectivity index (χ1n) is 6.32. The number of rotatable bonds is 3. The Morgan fingerprint density at radius 2 is 2.37 bits per heavy atom. The van der Waals surface area contributed by atoms with E-state index in [9.17, 15) is 9.90 Å². The van der Waals surface area contributed by atoms with E-state index >= 15 is 0 Å². The zero-order valence-corrected chi connectivity index (χ0v) is 11.3. The fourth-order valence-corrected chi connectivity index (χ4v) is 2.38. The first kappa shape index (κ1) is 13.6. The number of carbonyl (C=O) groups is 1. The van der Waals surface area contributed by atoms with Crippen molar-refractivity contribution in [2.24, 2.45) is 0 Å². The summed E-state index contributed by atoms with van der Waals surface area (Å²) in [4.78, 5) is 17.9. The summed E-state index contributed by atoms with van der Waals surface area (Å²) in [5.41, 5.74) is 0.569. The van der Waals surface area contributed by atoms with Crippen molar-refractivity contribution in [3.05, 3.63) is 29.6 Å². The lowest BCUT2D eigenvalue weighted by Gasteiger charge is -2.17. The minimum atomic E-state index is -1.18. The van der Waals surface area contributed by atoms with Crippen LogP contribution < -0.4 is 0 Å². The number of hydrogen-bond acceptors (Lipinski definition) is 3. The summed E-state index contributed by atoms with van der Waals surface area (Å²) in [6, 6.07) is 1.92. The molecule has 19 heavy (non-hydrogen) atoms. The maximum absolute atomic E-state index is 12.0. The molecule has 1 aromatic rings. The molecule has 2 atom stereocenters. The van der Waals surface area contributed by atoms with E-state index < -0.39 is 5.60 Å². The van der Waals surface area contributed by atoms with Gasteiger partial charge in [-0.15, -0.1) is 6.42 Å². The van der Waals surface area contributed by atoms with Crippen molar-refractivity contribution in [3.63, 3.8) is 0 Å². The highest BCUT2D eigenvalue weighted by Gasteiger charge is 2.30. The van der Waals surface area contributed by atoms with Gasteiger partial charge in [-0.05, 0) is 24.5 Å². The summed E-state index contributed by atoms with van der Waals surface area (Å²) in [6.07, 6.45) is 9.82. The van der Waals surface area contributed by atoms with E-state index in [1.165, 1.54) is 0 Å². The lowest BCUT2D eigenvalue weighted by Crippen LogP contribution is -2.25. The summed E-state index contributed by atoms with van der Waals surface area (Å²) in [6.45, 7) is 2.37. The molecule has 4 nitrogen and oxygen atoms in total. The Labute approximate surface area is 113 Å². The number of likely N-dealkylation sites (tertiary alicyclic amines) is 1. The number of terminal acetylenes is 1. The molecule has 1 aliphatic rings. The molecule has 4 heteroatoms. The molecule has 100 valence electrons. The van der Waals surface area contributed by atoms with Crippen LogP contribution in [-0.2, 0) is 11.2 Å². The molecule has 0 bridgehead atoms. The molecule has 1 amide bonds. The summed E-state index contributed by atoms with van der Waals surface area (Å²) in [5.74, 6) is 2.36. The van der Waals surface area contributed by atoms with Crippen LogP contribution in [0.15, 0.2) is 18.5 Å². The third-order valence-electron chi connectivity index (χ3n) is 3.51. The summed E-state index contributed by atoms with van der Waals surface area (Å²) < 4.78 is 0. The van der Waals surface area contributed by atoms with Crippen molar-refractivity contribution >= 4 is 5.91 Å². The predicted octanol–water partition coefficient (Wildman–Crippen LogP) is 0.954. The summed E-state index contributed by atoms with van der Waals surface area (Å²) in [5, 5.41) is 9.89. The Morgan fingerprint density at radius 1 is 1.63 bits per heavy atom. The molecule has 2 heterocycles. The molecule has 2 rings (SSSR count). The maximum Gasteiger partial charge on any atom is 0.229 e. The molecule has 2 unspecified atom stereocenters. The van der Waals surface area contributed by atoms with Gasteiger partial charge in [-0.2, -0.15) is 0 Å². The molecule has 0 spiro atoms. The van der Waals surface area contributed by atoms with Crippen molar-refractivity contribution in [2.45, 2.75) is 31.3 Å². The third-order valence-corrected chi connectivity index (χ3v) is 3.51. The number of hydrogen-bond donors (Lipinski definition) is 1. The van der Waals surface area contributed by atoms with Crippen LogP contribution in [0.2, 0.25) is 0 Å². The molecule has 1 saturated heterocycles. The SMILES string of the molecule is C#CC(C)(O)Cc1cncc(C2CCN(C)C2=O)c1. The molecule has 0 saturated carbocycles. The number of amides is 1. The minimum Gasteiger partial charge on any atom is -0.378 e. The Bertz CT molecular complexity index is 531. The normalized spacial score (nSPS) is 22.1. The van der Waals surface area contributed by atoms with E-state index in [2.05, 4.69) is 10.9 Å². The van der Waals surface area contributed by atoms with Crippen LogP contribution >= 0.6 is 0 Å². The molecule has 1 aromatic heterocycles. The zero-order chi connectivity index (χ0) is 14.0. The largest absolute Gasteiger partial charge is 0.378 e. The number of pyridine rings is 1. The Morgan fingerprint density at radius 3 is 2.95 bits per heavy atom. The van der Waals surface area contributed by atoms with Crippen molar-refractivity contribution in [3.8, 4) is 12.3 Å². The predicted molar refractivity (Wildman–Crippen MR) is 72.4 cm³/mol. The number of aliphatic hydroxyl groups is 1. The number of carbonyl (C=O) groups excluding carboxylic acids is 1. The van der Waals surface area contributed by atoms with Crippen LogP contribution in [0.1, 0.15) is 30.4 Å². The van der Waals surface area contributed by atoms with Crippen LogP contribution in [0.4, 0.5) is 0 Å². The van der Waals surface area contributed by atoms with Gasteiger partial charge in [0.15, 0.2) is 0 Å². The number of aromatic nitrogens is 1. The number of nitrogens with zero attached hydrogens (tertiary/aromatic N) is 2. The molecule has 0 aliphatic carbocycles. The second-order valence-electron chi connectivity index (χ2n) is 5.32.